The van der Waals surface area contributed by atoms with Gasteiger partial charge in [0.15, 0.2) is 11.4 Å². The average Bonchev–Trinajstić information content (AvgIpc) is 3.16. The Bertz CT molecular complexity index is 1470. The van der Waals surface area contributed by atoms with Gasteiger partial charge in [-0.2, -0.15) is 0 Å². The molecule has 0 aliphatic heterocycles. The number of aliphatic carboxylic acids is 1. The van der Waals surface area contributed by atoms with Crippen LogP contribution in [0.3, 0.4) is 0 Å². The third kappa shape index (κ3) is 4.98. The predicted octanol–water partition coefficient (Wildman–Crippen LogP) is 6.40. The highest BCUT2D eigenvalue weighted by molar-refractivity contribution is 5.78. The van der Waals surface area contributed by atoms with E-state index in [1.807, 2.05) is 24.3 Å². The lowest BCUT2D eigenvalue weighted by atomic mass is 9.97. The van der Waals surface area contributed by atoms with Crippen molar-refractivity contribution >= 4 is 17.3 Å². The summed E-state index contributed by atoms with van der Waals surface area (Å²) >= 11 is 0. The van der Waals surface area contributed by atoms with E-state index in [1.165, 1.54) is 10.2 Å². The van der Waals surface area contributed by atoms with E-state index in [0.29, 0.717) is 28.1 Å². The van der Waals surface area contributed by atoms with Gasteiger partial charge in [0.2, 0.25) is 0 Å². The van der Waals surface area contributed by atoms with Crippen LogP contribution in [-0.2, 0) is 11.2 Å². The topological polar surface area (TPSA) is 120 Å². The number of carboxylic acids is 1. The number of phenols is 1. The molecule has 0 aliphatic carbocycles. The number of hydrogen-bond acceptors (Lipinski definition) is 5. The quantitative estimate of drug-likeness (QED) is 0.251. The number of carboxylic acid groups (broad SMARTS) is 1. The van der Waals surface area contributed by atoms with E-state index in [9.17, 15) is 19.8 Å². The maximum absolute atomic E-state index is 13.0. The number of para-hydroxylation sites is 1. The molecule has 4 aromatic rings. The molecule has 1 aromatic heterocycles. The van der Waals surface area contributed by atoms with Crippen LogP contribution < -0.4 is 5.56 Å². The molecule has 1 heterocycles. The molecular weight excluding hydrogens is 456 g/mol. The smallest absolute Gasteiger partial charge is 0.310 e. The van der Waals surface area contributed by atoms with E-state index in [4.69, 9.17) is 0 Å². The molecule has 0 fully saturated rings. The van der Waals surface area contributed by atoms with Crippen molar-refractivity contribution in [2.45, 2.75) is 39.5 Å². The zero-order valence-corrected chi connectivity index (χ0v) is 20.4. The van der Waals surface area contributed by atoms with Crippen molar-refractivity contribution in [1.82, 2.24) is 9.78 Å². The van der Waals surface area contributed by atoms with Crippen LogP contribution in [0.15, 0.2) is 81.8 Å². The Balaban J connectivity index is 1.61. The van der Waals surface area contributed by atoms with Gasteiger partial charge in [0.1, 0.15) is 5.69 Å². The lowest BCUT2D eigenvalue weighted by molar-refractivity contribution is -0.138. The molecule has 8 nitrogen and oxygen atoms in total. The van der Waals surface area contributed by atoms with E-state index >= 15 is 0 Å². The maximum atomic E-state index is 13.0. The van der Waals surface area contributed by atoms with Crippen molar-refractivity contribution in [3.05, 3.63) is 93.9 Å². The van der Waals surface area contributed by atoms with Crippen LogP contribution in [0.5, 0.6) is 5.75 Å². The standard InChI is InChI=1S/C28H28N4O4/c1-4-6-19-9-15-22(16-10-19)32-27(34)25(18(3)31-32)30-29-24-8-5-7-23(26(24)33)21-13-11-20(12-14-21)17(2)28(35)36/h5,7-17,31,33H,4,6H2,1-3H3,(H,35,36). The van der Waals surface area contributed by atoms with E-state index in [0.717, 1.165) is 12.8 Å². The predicted molar refractivity (Wildman–Crippen MR) is 139 cm³/mol. The fourth-order valence-electron chi connectivity index (χ4n) is 3.98. The lowest BCUT2D eigenvalue weighted by Gasteiger charge is -2.10. The molecule has 36 heavy (non-hydrogen) atoms. The first-order valence-electron chi connectivity index (χ1n) is 11.8. The number of nitrogens with zero attached hydrogens (tertiary/aromatic N) is 3. The molecule has 0 aliphatic rings. The monoisotopic (exact) mass is 484 g/mol. The molecule has 0 saturated carbocycles. The number of aromatic hydroxyl groups is 1. The molecule has 3 aromatic carbocycles. The second-order valence-electron chi connectivity index (χ2n) is 8.70. The van der Waals surface area contributed by atoms with E-state index in [1.54, 1.807) is 56.3 Å². The normalized spacial score (nSPS) is 12.2. The molecule has 0 radical (unpaired) electrons. The highest BCUT2D eigenvalue weighted by Gasteiger charge is 2.16. The Morgan fingerprint density at radius 3 is 2.36 bits per heavy atom. The summed E-state index contributed by atoms with van der Waals surface area (Å²) in [6.45, 7) is 5.48. The maximum Gasteiger partial charge on any atom is 0.310 e. The average molecular weight is 485 g/mol. The number of carbonyl (C=O) groups is 1. The van der Waals surface area contributed by atoms with Crippen LogP contribution >= 0.6 is 0 Å². The number of hydrogen-bond donors (Lipinski definition) is 3. The molecule has 8 heteroatoms. The second kappa shape index (κ2) is 10.4. The summed E-state index contributed by atoms with van der Waals surface area (Å²) in [7, 11) is 0. The Morgan fingerprint density at radius 1 is 1.03 bits per heavy atom. The number of azo groups is 1. The minimum absolute atomic E-state index is 0.0830. The number of nitrogens with one attached hydrogen (secondary N) is 1. The van der Waals surface area contributed by atoms with Gasteiger partial charge in [-0.05, 0) is 55.2 Å². The molecule has 184 valence electrons. The molecule has 4 rings (SSSR count). The van der Waals surface area contributed by atoms with Crippen molar-refractivity contribution in [3.8, 4) is 22.6 Å². The zero-order chi connectivity index (χ0) is 25.8. The lowest BCUT2D eigenvalue weighted by Crippen LogP contribution is -2.14. The number of aryl methyl sites for hydroxylation is 2. The fraction of sp³-hybridized carbons (Fsp3) is 0.214. The van der Waals surface area contributed by atoms with E-state index < -0.39 is 11.9 Å². The minimum atomic E-state index is -0.902. The molecule has 1 unspecified atom stereocenters. The van der Waals surface area contributed by atoms with Gasteiger partial charge >= 0.3 is 5.97 Å². The molecule has 1 atom stereocenters. The van der Waals surface area contributed by atoms with Crippen LogP contribution in [0, 0.1) is 6.92 Å². The number of aromatic nitrogens is 2. The van der Waals surface area contributed by atoms with Gasteiger partial charge < -0.3 is 10.2 Å². The van der Waals surface area contributed by atoms with Gasteiger partial charge in [0, 0.05) is 5.56 Å². The largest absolute Gasteiger partial charge is 0.505 e. The van der Waals surface area contributed by atoms with Crippen LogP contribution in [0.4, 0.5) is 11.4 Å². The Morgan fingerprint density at radius 2 is 1.72 bits per heavy atom. The zero-order valence-electron chi connectivity index (χ0n) is 20.4. The Hall–Kier alpha value is -4.46. The summed E-state index contributed by atoms with van der Waals surface area (Å²) in [5.41, 5.74) is 4.40. The summed E-state index contributed by atoms with van der Waals surface area (Å²) in [5, 5.41) is 31.4. The molecular formula is C28H28N4O4. The van der Waals surface area contributed by atoms with Gasteiger partial charge in [-0.1, -0.05) is 61.9 Å². The summed E-state index contributed by atoms with van der Waals surface area (Å²) in [4.78, 5) is 24.2. The van der Waals surface area contributed by atoms with Gasteiger partial charge in [0.05, 0.1) is 17.3 Å². The Kier molecular flexibility index (Phi) is 7.15. The van der Waals surface area contributed by atoms with Gasteiger partial charge in [-0.25, -0.2) is 4.68 Å². The van der Waals surface area contributed by atoms with Crippen molar-refractivity contribution in [2.24, 2.45) is 10.2 Å². The Labute approximate surface area is 208 Å². The number of H-pyrrole nitrogens is 1. The first-order valence-corrected chi connectivity index (χ1v) is 11.8. The van der Waals surface area contributed by atoms with Gasteiger partial charge in [-0.15, -0.1) is 10.2 Å². The number of benzene rings is 3. The third-order valence-corrected chi connectivity index (χ3v) is 6.14. The summed E-state index contributed by atoms with van der Waals surface area (Å²) in [6.07, 6.45) is 2.03. The van der Waals surface area contributed by atoms with E-state index in [2.05, 4.69) is 22.3 Å². The van der Waals surface area contributed by atoms with Crippen LogP contribution in [0.1, 0.15) is 43.0 Å². The number of rotatable bonds is 8. The number of aromatic amines is 1. The molecule has 0 saturated heterocycles. The molecule has 0 bridgehead atoms. The van der Waals surface area contributed by atoms with Gasteiger partial charge in [-0.3, -0.25) is 14.7 Å². The first kappa shape index (κ1) is 24.7. The summed E-state index contributed by atoms with van der Waals surface area (Å²) in [5.74, 6) is -1.61. The number of phenolic OH excluding ortho intramolecular Hbond substituents is 1. The van der Waals surface area contributed by atoms with Crippen molar-refractivity contribution < 1.29 is 15.0 Å². The van der Waals surface area contributed by atoms with Crippen molar-refractivity contribution in [1.29, 1.82) is 0 Å². The van der Waals surface area contributed by atoms with Crippen LogP contribution in [-0.4, -0.2) is 26.0 Å². The minimum Gasteiger partial charge on any atom is -0.505 e. The van der Waals surface area contributed by atoms with Crippen LogP contribution in [0.25, 0.3) is 16.8 Å². The summed E-state index contributed by atoms with van der Waals surface area (Å²) in [6, 6.07) is 19.8. The second-order valence-corrected chi connectivity index (χ2v) is 8.70. The van der Waals surface area contributed by atoms with Crippen molar-refractivity contribution in [3.63, 3.8) is 0 Å². The molecule has 3 N–H and O–H groups in total. The fourth-order valence-corrected chi connectivity index (χ4v) is 3.98. The highest BCUT2D eigenvalue weighted by atomic mass is 16.4. The molecule has 0 spiro atoms. The van der Waals surface area contributed by atoms with Crippen LogP contribution in [0.2, 0.25) is 0 Å². The summed E-state index contributed by atoms with van der Waals surface area (Å²) < 4.78 is 1.43. The van der Waals surface area contributed by atoms with Crippen molar-refractivity contribution in [2.75, 3.05) is 0 Å². The van der Waals surface area contributed by atoms with Gasteiger partial charge in [0.25, 0.3) is 5.56 Å². The molecule has 0 amide bonds. The highest BCUT2D eigenvalue weighted by Crippen LogP contribution is 2.38. The SMILES string of the molecule is CCCc1ccc(-n2[nH]c(C)c(N=Nc3cccc(-c4ccc(C(C)C(=O)O)cc4)c3O)c2=O)cc1. The first-order chi connectivity index (χ1) is 17.3. The third-order valence-electron chi connectivity index (χ3n) is 6.14. The van der Waals surface area contributed by atoms with E-state index in [-0.39, 0.29) is 22.7 Å².